The minimum absolute atomic E-state index is 0.105. The highest BCUT2D eigenvalue weighted by Crippen LogP contribution is 2.36. The molecule has 178 valence electrons. The van der Waals surface area contributed by atoms with Gasteiger partial charge in [0.15, 0.2) is 5.82 Å². The summed E-state index contributed by atoms with van der Waals surface area (Å²) in [5.74, 6) is 0.389. The molecule has 0 saturated carbocycles. The van der Waals surface area contributed by atoms with Gasteiger partial charge in [-0.05, 0) is 34.9 Å². The summed E-state index contributed by atoms with van der Waals surface area (Å²) in [5.41, 5.74) is 1.68. The van der Waals surface area contributed by atoms with E-state index in [1.807, 2.05) is 90.0 Å². The number of nitrogens with zero attached hydrogens (tertiary/aromatic N) is 3. The fourth-order valence-electron chi connectivity index (χ4n) is 3.02. The zero-order valence-corrected chi connectivity index (χ0v) is 20.7. The number of ether oxygens (including phenoxy) is 1. The average molecular weight is 446 g/mol. The van der Waals surface area contributed by atoms with Crippen LogP contribution in [-0.4, -0.2) is 58.2 Å². The SMILES string of the molecule is CC.CCC(=O)Nc1n[nH]c2c1CN(C(=O)OC(C)C(C)N(C)C)C2C.c1ccccc1. The minimum Gasteiger partial charge on any atom is -0.445 e. The quantitative estimate of drug-likeness (QED) is 0.688. The molecule has 1 aromatic carbocycles. The third-order valence-electron chi connectivity index (χ3n) is 5.37. The highest BCUT2D eigenvalue weighted by atomic mass is 16.6. The van der Waals surface area contributed by atoms with Gasteiger partial charge >= 0.3 is 6.09 Å². The molecule has 8 heteroatoms. The van der Waals surface area contributed by atoms with E-state index >= 15 is 0 Å². The Morgan fingerprint density at radius 1 is 1.19 bits per heavy atom. The van der Waals surface area contributed by atoms with Crippen LogP contribution in [0.25, 0.3) is 0 Å². The van der Waals surface area contributed by atoms with Gasteiger partial charge < -0.3 is 15.0 Å². The molecular weight excluding hydrogens is 406 g/mol. The molecule has 1 aliphatic rings. The molecule has 0 aliphatic carbocycles. The largest absolute Gasteiger partial charge is 0.445 e. The number of aromatic nitrogens is 2. The number of nitrogens with one attached hydrogen (secondary N) is 2. The molecule has 3 atom stereocenters. The predicted molar refractivity (Wildman–Crippen MR) is 128 cm³/mol. The molecule has 2 amide bonds. The number of H-pyrrole nitrogens is 1. The number of likely N-dealkylation sites (N-methyl/N-ethyl adjacent to an activating group) is 1. The Hall–Kier alpha value is -2.87. The van der Waals surface area contributed by atoms with Crippen LogP contribution in [0.5, 0.6) is 0 Å². The highest BCUT2D eigenvalue weighted by molar-refractivity contribution is 5.90. The number of benzene rings is 1. The number of anilines is 1. The molecule has 8 nitrogen and oxygen atoms in total. The summed E-state index contributed by atoms with van der Waals surface area (Å²) in [6.07, 6.45) is -0.208. The van der Waals surface area contributed by atoms with Crippen molar-refractivity contribution in [3.8, 4) is 0 Å². The summed E-state index contributed by atoms with van der Waals surface area (Å²) in [6, 6.07) is 11.9. The van der Waals surface area contributed by atoms with Gasteiger partial charge in [0.25, 0.3) is 0 Å². The van der Waals surface area contributed by atoms with Crippen LogP contribution in [0, 0.1) is 0 Å². The maximum atomic E-state index is 12.5. The van der Waals surface area contributed by atoms with Gasteiger partial charge in [0.05, 0.1) is 18.3 Å². The molecular formula is C24H39N5O3. The first-order valence-corrected chi connectivity index (χ1v) is 11.3. The number of amides is 2. The van der Waals surface area contributed by atoms with Crippen molar-refractivity contribution in [2.75, 3.05) is 19.4 Å². The van der Waals surface area contributed by atoms with Crippen molar-refractivity contribution in [3.05, 3.63) is 47.7 Å². The van der Waals surface area contributed by atoms with Crippen molar-refractivity contribution in [2.24, 2.45) is 0 Å². The van der Waals surface area contributed by atoms with Crippen molar-refractivity contribution < 1.29 is 14.3 Å². The summed E-state index contributed by atoms with van der Waals surface area (Å²) in [6.45, 7) is 12.0. The number of carbonyl (C=O) groups is 2. The topological polar surface area (TPSA) is 90.6 Å². The van der Waals surface area contributed by atoms with Crippen LogP contribution >= 0.6 is 0 Å². The molecule has 2 heterocycles. The molecule has 2 aromatic rings. The second-order valence-corrected chi connectivity index (χ2v) is 7.62. The van der Waals surface area contributed by atoms with Gasteiger partial charge in [-0.3, -0.25) is 14.8 Å². The molecule has 3 unspecified atom stereocenters. The van der Waals surface area contributed by atoms with Gasteiger partial charge in [0, 0.05) is 18.0 Å². The first-order chi connectivity index (χ1) is 15.3. The molecule has 0 fully saturated rings. The van der Waals surface area contributed by atoms with E-state index in [2.05, 4.69) is 15.5 Å². The number of fused-ring (bicyclic) bond motifs is 1. The van der Waals surface area contributed by atoms with Crippen LogP contribution in [0.3, 0.4) is 0 Å². The summed E-state index contributed by atoms with van der Waals surface area (Å²) in [4.78, 5) is 27.8. The first kappa shape index (κ1) is 27.2. The number of hydrogen-bond acceptors (Lipinski definition) is 5. The van der Waals surface area contributed by atoms with Gasteiger partial charge in [-0.15, -0.1) is 0 Å². The summed E-state index contributed by atoms with van der Waals surface area (Å²) >= 11 is 0. The summed E-state index contributed by atoms with van der Waals surface area (Å²) in [7, 11) is 3.90. The minimum atomic E-state index is -0.360. The normalized spacial score (nSPS) is 16.0. The number of rotatable bonds is 5. The lowest BCUT2D eigenvalue weighted by atomic mass is 10.2. The molecule has 32 heavy (non-hydrogen) atoms. The van der Waals surface area contributed by atoms with Crippen LogP contribution in [-0.2, 0) is 16.1 Å². The van der Waals surface area contributed by atoms with Gasteiger partial charge in [-0.1, -0.05) is 57.2 Å². The van der Waals surface area contributed by atoms with E-state index in [1.165, 1.54) is 0 Å². The van der Waals surface area contributed by atoms with E-state index in [-0.39, 0.29) is 30.2 Å². The second kappa shape index (κ2) is 13.5. The zero-order chi connectivity index (χ0) is 24.3. The Bertz CT molecular complexity index is 796. The Labute approximate surface area is 192 Å². The lowest BCUT2D eigenvalue weighted by molar-refractivity contribution is -0.115. The van der Waals surface area contributed by atoms with Gasteiger partial charge in [0.2, 0.25) is 5.91 Å². The third-order valence-corrected chi connectivity index (χ3v) is 5.37. The number of hydrogen-bond donors (Lipinski definition) is 2. The maximum Gasteiger partial charge on any atom is 0.410 e. The molecule has 1 aliphatic heterocycles. The Kier molecular flexibility index (Phi) is 11.5. The molecule has 0 radical (unpaired) electrons. The zero-order valence-electron chi connectivity index (χ0n) is 20.7. The smallest absolute Gasteiger partial charge is 0.410 e. The summed E-state index contributed by atoms with van der Waals surface area (Å²) < 4.78 is 5.59. The van der Waals surface area contributed by atoms with Crippen molar-refractivity contribution in [1.29, 1.82) is 0 Å². The van der Waals surface area contributed by atoms with Gasteiger partial charge in [0.1, 0.15) is 6.10 Å². The van der Waals surface area contributed by atoms with Crippen molar-refractivity contribution >= 4 is 17.8 Å². The predicted octanol–water partition coefficient (Wildman–Crippen LogP) is 4.82. The van der Waals surface area contributed by atoms with E-state index < -0.39 is 0 Å². The van der Waals surface area contributed by atoms with Crippen LogP contribution in [0.15, 0.2) is 36.4 Å². The Balaban J connectivity index is 0.000000542. The van der Waals surface area contributed by atoms with Crippen LogP contribution < -0.4 is 5.32 Å². The lowest BCUT2D eigenvalue weighted by Gasteiger charge is -2.29. The molecule has 1 aromatic heterocycles. The molecule has 0 saturated heterocycles. The van der Waals surface area contributed by atoms with E-state index in [0.29, 0.717) is 18.8 Å². The molecule has 2 N–H and O–H groups in total. The second-order valence-electron chi connectivity index (χ2n) is 7.62. The maximum absolute atomic E-state index is 12.5. The van der Waals surface area contributed by atoms with Gasteiger partial charge in [-0.25, -0.2) is 4.79 Å². The number of carbonyl (C=O) groups excluding carboxylic acids is 2. The lowest BCUT2D eigenvalue weighted by Crippen LogP contribution is -2.40. The summed E-state index contributed by atoms with van der Waals surface area (Å²) in [5, 5.41) is 9.82. The van der Waals surface area contributed by atoms with Gasteiger partial charge in [-0.2, -0.15) is 5.10 Å². The van der Waals surface area contributed by atoms with E-state index in [4.69, 9.17) is 4.74 Å². The van der Waals surface area contributed by atoms with Crippen LogP contribution in [0.1, 0.15) is 65.3 Å². The van der Waals surface area contributed by atoms with E-state index in [1.54, 1.807) is 11.8 Å². The number of aromatic amines is 1. The Morgan fingerprint density at radius 2 is 1.72 bits per heavy atom. The highest BCUT2D eigenvalue weighted by Gasteiger charge is 2.36. The van der Waals surface area contributed by atoms with E-state index in [9.17, 15) is 9.59 Å². The standard InChI is InChI=1S/C16H27N5O3.C6H6.C2H6/c1-7-13(22)17-15-12-8-21(10(3)14(12)18-19-15)16(23)24-11(4)9(2)20(5)6;1-2-4-6-5-3-1;1-2/h9-11H,7-8H2,1-6H3,(H2,17,18,19,22);1-6H;1-2H3. The van der Waals surface area contributed by atoms with Crippen molar-refractivity contribution in [2.45, 2.75) is 72.7 Å². The monoisotopic (exact) mass is 445 g/mol. The Morgan fingerprint density at radius 3 is 2.19 bits per heavy atom. The third kappa shape index (κ3) is 7.37. The fourth-order valence-corrected chi connectivity index (χ4v) is 3.02. The molecule has 0 bridgehead atoms. The fraction of sp³-hybridized carbons (Fsp3) is 0.542. The van der Waals surface area contributed by atoms with Crippen molar-refractivity contribution in [3.63, 3.8) is 0 Å². The van der Waals surface area contributed by atoms with Crippen LogP contribution in [0.4, 0.5) is 10.6 Å². The first-order valence-electron chi connectivity index (χ1n) is 11.3. The average Bonchev–Trinajstić information content (AvgIpc) is 3.36. The molecule has 0 spiro atoms. The molecule has 3 rings (SSSR count). The van der Waals surface area contributed by atoms with E-state index in [0.717, 1.165) is 11.3 Å². The van der Waals surface area contributed by atoms with Crippen LogP contribution in [0.2, 0.25) is 0 Å². The van der Waals surface area contributed by atoms with Crippen molar-refractivity contribution in [1.82, 2.24) is 20.0 Å².